The standard InChI is InChI=1S/C21H27N3O3S/c1-17-9-11-19(12-10-17)28(26,27)23-14-13-22-21(25)20-8-5-15-24(20)16-18-6-3-2-4-7-18/h2-4,6-7,9-12,20,23H,5,8,13-16H2,1H3,(H,22,25). The van der Waals surface area contributed by atoms with Crippen LogP contribution < -0.4 is 10.0 Å². The summed E-state index contributed by atoms with van der Waals surface area (Å²) in [6.45, 7) is 3.97. The van der Waals surface area contributed by atoms with Crippen LogP contribution in [-0.2, 0) is 21.4 Å². The number of amides is 1. The highest BCUT2D eigenvalue weighted by atomic mass is 32.2. The quantitative estimate of drug-likeness (QED) is 0.664. The first-order valence-corrected chi connectivity index (χ1v) is 11.1. The summed E-state index contributed by atoms with van der Waals surface area (Å²) in [6.07, 6.45) is 1.82. The largest absolute Gasteiger partial charge is 0.353 e. The molecule has 2 aromatic carbocycles. The summed E-state index contributed by atoms with van der Waals surface area (Å²) >= 11 is 0. The second kappa shape index (κ2) is 9.32. The highest BCUT2D eigenvalue weighted by molar-refractivity contribution is 7.89. The number of benzene rings is 2. The Balaban J connectivity index is 1.46. The van der Waals surface area contributed by atoms with Crippen LogP contribution in [0.3, 0.4) is 0 Å². The number of carbonyl (C=O) groups is 1. The summed E-state index contributed by atoms with van der Waals surface area (Å²) in [6, 6.07) is 16.6. The molecule has 1 amide bonds. The molecule has 0 saturated carbocycles. The van der Waals surface area contributed by atoms with Crippen LogP contribution in [0.5, 0.6) is 0 Å². The van der Waals surface area contributed by atoms with E-state index in [1.165, 1.54) is 5.56 Å². The van der Waals surface area contributed by atoms with Crippen LogP contribution in [0.25, 0.3) is 0 Å². The van der Waals surface area contributed by atoms with E-state index in [9.17, 15) is 13.2 Å². The minimum Gasteiger partial charge on any atom is -0.353 e. The Hall–Kier alpha value is -2.22. The Bertz CT molecular complexity index is 883. The lowest BCUT2D eigenvalue weighted by molar-refractivity contribution is -0.125. The molecule has 0 aromatic heterocycles. The number of hydrogen-bond donors (Lipinski definition) is 2. The first-order valence-electron chi connectivity index (χ1n) is 9.58. The predicted molar refractivity (Wildman–Crippen MR) is 109 cm³/mol. The smallest absolute Gasteiger partial charge is 0.240 e. The van der Waals surface area contributed by atoms with Crippen LogP contribution in [0.2, 0.25) is 0 Å². The van der Waals surface area contributed by atoms with Gasteiger partial charge >= 0.3 is 0 Å². The lowest BCUT2D eigenvalue weighted by Gasteiger charge is -2.23. The molecule has 0 bridgehead atoms. The lowest BCUT2D eigenvalue weighted by Crippen LogP contribution is -2.45. The maximum Gasteiger partial charge on any atom is 0.240 e. The molecule has 1 fully saturated rings. The molecule has 2 aromatic rings. The van der Waals surface area contributed by atoms with E-state index in [-0.39, 0.29) is 29.9 Å². The van der Waals surface area contributed by atoms with Gasteiger partial charge in [-0.15, -0.1) is 0 Å². The van der Waals surface area contributed by atoms with Crippen molar-refractivity contribution in [3.63, 3.8) is 0 Å². The zero-order valence-electron chi connectivity index (χ0n) is 16.1. The van der Waals surface area contributed by atoms with E-state index in [2.05, 4.69) is 27.1 Å². The second-order valence-corrected chi connectivity index (χ2v) is 8.88. The van der Waals surface area contributed by atoms with Crippen molar-refractivity contribution < 1.29 is 13.2 Å². The van der Waals surface area contributed by atoms with Crippen LogP contribution in [-0.4, -0.2) is 44.9 Å². The van der Waals surface area contributed by atoms with E-state index in [1.54, 1.807) is 24.3 Å². The topological polar surface area (TPSA) is 78.5 Å². The molecule has 7 heteroatoms. The molecule has 1 atom stereocenters. The van der Waals surface area contributed by atoms with E-state index in [0.717, 1.165) is 31.5 Å². The third-order valence-electron chi connectivity index (χ3n) is 4.94. The van der Waals surface area contributed by atoms with E-state index in [1.807, 2.05) is 25.1 Å². The Morgan fingerprint density at radius 1 is 1.07 bits per heavy atom. The van der Waals surface area contributed by atoms with Crippen molar-refractivity contribution in [1.29, 1.82) is 0 Å². The number of sulfonamides is 1. The average Bonchev–Trinajstić information content (AvgIpc) is 3.14. The van der Waals surface area contributed by atoms with Gasteiger partial charge in [0.2, 0.25) is 15.9 Å². The molecule has 0 aliphatic carbocycles. The average molecular weight is 402 g/mol. The van der Waals surface area contributed by atoms with Gasteiger partial charge in [-0.3, -0.25) is 9.69 Å². The number of aryl methyl sites for hydroxylation is 1. The molecule has 0 radical (unpaired) electrons. The van der Waals surface area contributed by atoms with Crippen LogP contribution in [0.15, 0.2) is 59.5 Å². The Morgan fingerprint density at radius 2 is 1.79 bits per heavy atom. The monoisotopic (exact) mass is 401 g/mol. The molecule has 1 heterocycles. The summed E-state index contributed by atoms with van der Waals surface area (Å²) in [5.74, 6) is -0.0389. The Morgan fingerprint density at radius 3 is 2.50 bits per heavy atom. The first-order chi connectivity index (χ1) is 13.5. The predicted octanol–water partition coefficient (Wildman–Crippen LogP) is 2.05. The minimum atomic E-state index is -3.56. The molecular weight excluding hydrogens is 374 g/mol. The fraction of sp³-hybridized carbons (Fsp3) is 0.381. The summed E-state index contributed by atoms with van der Waals surface area (Å²) < 4.78 is 27.1. The van der Waals surface area contributed by atoms with Gasteiger partial charge in [0.1, 0.15) is 0 Å². The van der Waals surface area contributed by atoms with Crippen LogP contribution >= 0.6 is 0 Å². The van der Waals surface area contributed by atoms with Crippen molar-refractivity contribution in [2.45, 2.75) is 37.2 Å². The van der Waals surface area contributed by atoms with Crippen molar-refractivity contribution >= 4 is 15.9 Å². The van der Waals surface area contributed by atoms with Crippen molar-refractivity contribution in [3.8, 4) is 0 Å². The molecular formula is C21H27N3O3S. The van der Waals surface area contributed by atoms with Gasteiger partial charge in [0, 0.05) is 19.6 Å². The fourth-order valence-electron chi connectivity index (χ4n) is 3.42. The number of carbonyl (C=O) groups excluding carboxylic acids is 1. The van der Waals surface area contributed by atoms with Crippen LogP contribution in [0.4, 0.5) is 0 Å². The molecule has 2 N–H and O–H groups in total. The lowest BCUT2D eigenvalue weighted by atomic mass is 10.1. The van der Waals surface area contributed by atoms with Gasteiger partial charge in [-0.1, -0.05) is 48.0 Å². The molecule has 1 saturated heterocycles. The summed E-state index contributed by atoms with van der Waals surface area (Å²) in [7, 11) is -3.56. The summed E-state index contributed by atoms with van der Waals surface area (Å²) in [4.78, 5) is 15.0. The van der Waals surface area contributed by atoms with E-state index < -0.39 is 10.0 Å². The van der Waals surface area contributed by atoms with Gasteiger partial charge in [0.15, 0.2) is 0 Å². The molecule has 6 nitrogen and oxygen atoms in total. The highest BCUT2D eigenvalue weighted by Gasteiger charge is 2.30. The highest BCUT2D eigenvalue weighted by Crippen LogP contribution is 2.20. The second-order valence-electron chi connectivity index (χ2n) is 7.12. The van der Waals surface area contributed by atoms with Gasteiger partial charge in [-0.25, -0.2) is 13.1 Å². The van der Waals surface area contributed by atoms with Crippen molar-refractivity contribution in [2.75, 3.05) is 19.6 Å². The fourth-order valence-corrected chi connectivity index (χ4v) is 4.45. The maximum absolute atomic E-state index is 12.5. The van der Waals surface area contributed by atoms with Crippen LogP contribution in [0, 0.1) is 6.92 Å². The molecule has 0 spiro atoms. The van der Waals surface area contributed by atoms with E-state index in [4.69, 9.17) is 0 Å². The van der Waals surface area contributed by atoms with Crippen molar-refractivity contribution in [3.05, 3.63) is 65.7 Å². The zero-order valence-corrected chi connectivity index (χ0v) is 16.9. The van der Waals surface area contributed by atoms with Crippen LogP contribution in [0.1, 0.15) is 24.0 Å². The summed E-state index contributed by atoms with van der Waals surface area (Å²) in [5, 5.41) is 2.87. The number of likely N-dealkylation sites (tertiary alicyclic amines) is 1. The molecule has 3 rings (SSSR count). The number of rotatable bonds is 8. The normalized spacial score (nSPS) is 17.5. The first kappa shape index (κ1) is 20.5. The Kier molecular flexibility index (Phi) is 6.83. The Labute approximate surface area is 167 Å². The zero-order chi connectivity index (χ0) is 20.0. The SMILES string of the molecule is Cc1ccc(S(=O)(=O)NCCNC(=O)C2CCCN2Cc2ccccc2)cc1. The molecule has 1 aliphatic heterocycles. The van der Waals surface area contributed by atoms with E-state index >= 15 is 0 Å². The molecule has 1 unspecified atom stereocenters. The van der Waals surface area contributed by atoms with Gasteiger partial charge in [0.25, 0.3) is 0 Å². The van der Waals surface area contributed by atoms with Gasteiger partial charge in [-0.2, -0.15) is 0 Å². The third-order valence-corrected chi connectivity index (χ3v) is 6.42. The van der Waals surface area contributed by atoms with E-state index in [0.29, 0.717) is 0 Å². The van der Waals surface area contributed by atoms with Gasteiger partial charge in [0.05, 0.1) is 10.9 Å². The summed E-state index contributed by atoms with van der Waals surface area (Å²) in [5.41, 5.74) is 2.19. The van der Waals surface area contributed by atoms with Gasteiger partial charge in [-0.05, 0) is 44.0 Å². The van der Waals surface area contributed by atoms with Gasteiger partial charge < -0.3 is 5.32 Å². The van der Waals surface area contributed by atoms with Crippen molar-refractivity contribution in [1.82, 2.24) is 14.9 Å². The van der Waals surface area contributed by atoms with Crippen molar-refractivity contribution in [2.24, 2.45) is 0 Å². The number of nitrogens with one attached hydrogen (secondary N) is 2. The molecule has 1 aliphatic rings. The number of nitrogens with zero attached hydrogens (tertiary/aromatic N) is 1. The number of hydrogen-bond acceptors (Lipinski definition) is 4. The maximum atomic E-state index is 12.5. The third kappa shape index (κ3) is 5.41. The minimum absolute atomic E-state index is 0.0389. The molecule has 150 valence electrons. The molecule has 28 heavy (non-hydrogen) atoms.